The number of ether oxygens (including phenoxy) is 1. The second-order valence-corrected chi connectivity index (χ2v) is 11.7. The van der Waals surface area contributed by atoms with E-state index >= 15 is 0 Å². The SMILES string of the molecule is Cc1ccc(S(=O)(=O)N(CC(=O)NCc2cccc(CN3CCOCC3)c2)c2cc(Cl)cc(Cl)c2)cc1. The summed E-state index contributed by atoms with van der Waals surface area (Å²) >= 11 is 12.3. The maximum atomic E-state index is 13.6. The van der Waals surface area contributed by atoms with Crippen molar-refractivity contribution in [1.82, 2.24) is 10.2 Å². The van der Waals surface area contributed by atoms with Gasteiger partial charge in [-0.1, -0.05) is 65.2 Å². The van der Waals surface area contributed by atoms with Gasteiger partial charge in [0.05, 0.1) is 23.8 Å². The lowest BCUT2D eigenvalue weighted by Gasteiger charge is -2.26. The molecule has 37 heavy (non-hydrogen) atoms. The van der Waals surface area contributed by atoms with E-state index in [4.69, 9.17) is 27.9 Å². The number of anilines is 1. The highest BCUT2D eigenvalue weighted by molar-refractivity contribution is 7.92. The molecule has 0 saturated carbocycles. The van der Waals surface area contributed by atoms with Crippen LogP contribution in [-0.4, -0.2) is 52.1 Å². The molecule has 1 N–H and O–H groups in total. The molecule has 1 fully saturated rings. The predicted molar refractivity (Wildman–Crippen MR) is 147 cm³/mol. The monoisotopic (exact) mass is 561 g/mol. The highest BCUT2D eigenvalue weighted by atomic mass is 35.5. The summed E-state index contributed by atoms with van der Waals surface area (Å²) in [4.78, 5) is 15.4. The molecule has 1 amide bonds. The lowest BCUT2D eigenvalue weighted by Crippen LogP contribution is -2.40. The average Bonchev–Trinajstić information content (AvgIpc) is 2.86. The minimum atomic E-state index is -4.07. The molecule has 7 nitrogen and oxygen atoms in total. The lowest BCUT2D eigenvalue weighted by atomic mass is 10.1. The molecule has 1 saturated heterocycles. The minimum absolute atomic E-state index is 0.0674. The zero-order valence-corrected chi connectivity index (χ0v) is 22.8. The van der Waals surface area contributed by atoms with E-state index in [1.165, 1.54) is 30.3 Å². The van der Waals surface area contributed by atoms with Crippen LogP contribution in [0.25, 0.3) is 0 Å². The maximum absolute atomic E-state index is 13.6. The Morgan fingerprint density at radius 1 is 0.973 bits per heavy atom. The van der Waals surface area contributed by atoms with Crippen LogP contribution in [0.4, 0.5) is 5.69 Å². The molecule has 10 heteroatoms. The Hall–Kier alpha value is -2.62. The molecule has 0 unspecified atom stereocenters. The molecular formula is C27H29Cl2N3O4S. The normalized spacial score (nSPS) is 14.4. The van der Waals surface area contributed by atoms with Crippen molar-refractivity contribution >= 4 is 44.8 Å². The van der Waals surface area contributed by atoms with Gasteiger partial charge in [0.2, 0.25) is 5.91 Å². The number of hydrogen-bond donors (Lipinski definition) is 1. The third kappa shape index (κ3) is 7.46. The Bertz CT molecular complexity index is 1320. The molecule has 0 atom stereocenters. The van der Waals surface area contributed by atoms with E-state index < -0.39 is 22.5 Å². The van der Waals surface area contributed by atoms with Crippen LogP contribution < -0.4 is 9.62 Å². The molecule has 0 spiro atoms. The van der Waals surface area contributed by atoms with Crippen molar-refractivity contribution in [2.24, 2.45) is 0 Å². The van der Waals surface area contributed by atoms with Gasteiger partial charge >= 0.3 is 0 Å². The van der Waals surface area contributed by atoms with Crippen LogP contribution in [0.2, 0.25) is 10.0 Å². The minimum Gasteiger partial charge on any atom is -0.379 e. The third-order valence-electron chi connectivity index (χ3n) is 6.02. The highest BCUT2D eigenvalue weighted by Gasteiger charge is 2.28. The topological polar surface area (TPSA) is 79.0 Å². The fraction of sp³-hybridized carbons (Fsp3) is 0.296. The van der Waals surface area contributed by atoms with Gasteiger partial charge in [0.15, 0.2) is 0 Å². The first kappa shape index (κ1) is 27.4. The number of hydrogen-bond acceptors (Lipinski definition) is 5. The van der Waals surface area contributed by atoms with Crippen LogP contribution in [0.3, 0.4) is 0 Å². The summed E-state index contributed by atoms with van der Waals surface area (Å²) in [5, 5.41) is 3.38. The van der Waals surface area contributed by atoms with Gasteiger partial charge in [0.25, 0.3) is 10.0 Å². The highest BCUT2D eigenvalue weighted by Crippen LogP contribution is 2.29. The first-order valence-corrected chi connectivity index (χ1v) is 14.1. The van der Waals surface area contributed by atoms with Gasteiger partial charge in [-0.05, 0) is 48.4 Å². The Labute approximate surface area is 228 Å². The van der Waals surface area contributed by atoms with Gasteiger partial charge in [0.1, 0.15) is 6.54 Å². The van der Waals surface area contributed by atoms with E-state index in [0.717, 1.165) is 53.8 Å². The molecular weight excluding hydrogens is 533 g/mol. The van der Waals surface area contributed by atoms with Crippen molar-refractivity contribution in [2.75, 3.05) is 37.2 Å². The van der Waals surface area contributed by atoms with Crippen LogP contribution in [0.15, 0.2) is 71.6 Å². The molecule has 1 aliphatic rings. The van der Waals surface area contributed by atoms with Gasteiger partial charge in [0, 0.05) is 36.2 Å². The number of sulfonamides is 1. The average molecular weight is 563 g/mol. The predicted octanol–water partition coefficient (Wildman–Crippen LogP) is 4.65. The summed E-state index contributed by atoms with van der Waals surface area (Å²) in [6.07, 6.45) is 0. The van der Waals surface area contributed by atoms with E-state index in [0.29, 0.717) is 0 Å². The number of carbonyl (C=O) groups is 1. The molecule has 0 bridgehead atoms. The number of carbonyl (C=O) groups excluding carboxylic acids is 1. The van der Waals surface area contributed by atoms with Crippen molar-refractivity contribution in [2.45, 2.75) is 24.9 Å². The van der Waals surface area contributed by atoms with Crippen LogP contribution in [0.5, 0.6) is 0 Å². The molecule has 1 aliphatic heterocycles. The van der Waals surface area contributed by atoms with Crippen LogP contribution in [-0.2, 0) is 32.6 Å². The van der Waals surface area contributed by atoms with Crippen molar-refractivity contribution in [3.05, 3.63) is 93.5 Å². The van der Waals surface area contributed by atoms with Crippen molar-refractivity contribution in [3.63, 3.8) is 0 Å². The van der Waals surface area contributed by atoms with Crippen molar-refractivity contribution < 1.29 is 17.9 Å². The molecule has 196 valence electrons. The largest absolute Gasteiger partial charge is 0.379 e. The van der Waals surface area contributed by atoms with Gasteiger partial charge in [-0.25, -0.2) is 8.42 Å². The molecule has 3 aromatic carbocycles. The van der Waals surface area contributed by atoms with Crippen LogP contribution in [0, 0.1) is 6.92 Å². The number of rotatable bonds is 9. The molecule has 1 heterocycles. The lowest BCUT2D eigenvalue weighted by molar-refractivity contribution is -0.119. The Morgan fingerprint density at radius 2 is 1.62 bits per heavy atom. The van der Waals surface area contributed by atoms with E-state index in [1.54, 1.807) is 12.1 Å². The van der Waals surface area contributed by atoms with E-state index in [9.17, 15) is 13.2 Å². The summed E-state index contributed by atoms with van der Waals surface area (Å²) < 4.78 is 33.5. The number of amides is 1. The second-order valence-electron chi connectivity index (χ2n) is 8.94. The van der Waals surface area contributed by atoms with Crippen LogP contribution in [0.1, 0.15) is 16.7 Å². The number of morpholine rings is 1. The molecule has 0 aromatic heterocycles. The summed E-state index contributed by atoms with van der Waals surface area (Å²) in [7, 11) is -4.07. The van der Waals surface area contributed by atoms with E-state index in [-0.39, 0.29) is 27.2 Å². The number of halogens is 2. The maximum Gasteiger partial charge on any atom is 0.264 e. The van der Waals surface area contributed by atoms with Gasteiger partial charge in [-0.15, -0.1) is 0 Å². The van der Waals surface area contributed by atoms with Gasteiger partial charge in [-0.2, -0.15) is 0 Å². The van der Waals surface area contributed by atoms with E-state index in [2.05, 4.69) is 16.3 Å². The molecule has 0 aliphatic carbocycles. The van der Waals surface area contributed by atoms with Gasteiger partial charge in [-0.3, -0.25) is 14.0 Å². The summed E-state index contributed by atoms with van der Waals surface area (Å²) in [6.45, 7) is 5.76. The number of nitrogens with zero attached hydrogens (tertiary/aromatic N) is 2. The molecule has 3 aromatic rings. The number of aryl methyl sites for hydroxylation is 1. The smallest absolute Gasteiger partial charge is 0.264 e. The first-order chi connectivity index (χ1) is 17.7. The Balaban J connectivity index is 1.49. The van der Waals surface area contributed by atoms with Gasteiger partial charge < -0.3 is 10.1 Å². The first-order valence-electron chi connectivity index (χ1n) is 11.9. The van der Waals surface area contributed by atoms with E-state index in [1.807, 2.05) is 25.1 Å². The quantitative estimate of drug-likeness (QED) is 0.411. The fourth-order valence-electron chi connectivity index (χ4n) is 4.08. The van der Waals surface area contributed by atoms with Crippen molar-refractivity contribution in [3.8, 4) is 0 Å². The Morgan fingerprint density at radius 3 is 2.30 bits per heavy atom. The zero-order chi connectivity index (χ0) is 26.4. The van der Waals surface area contributed by atoms with Crippen LogP contribution >= 0.6 is 23.2 Å². The van der Waals surface area contributed by atoms with Crippen molar-refractivity contribution in [1.29, 1.82) is 0 Å². The summed E-state index contributed by atoms with van der Waals surface area (Å²) in [5.41, 5.74) is 3.20. The number of benzene rings is 3. The number of nitrogens with one attached hydrogen (secondary N) is 1. The summed E-state index contributed by atoms with van der Waals surface area (Å²) in [6, 6.07) is 18.9. The second kappa shape index (κ2) is 12.3. The fourth-order valence-corrected chi connectivity index (χ4v) is 6.00. The Kier molecular flexibility index (Phi) is 9.10. The molecule has 0 radical (unpaired) electrons. The molecule has 4 rings (SSSR count). The third-order valence-corrected chi connectivity index (χ3v) is 8.25. The standard InChI is InChI=1S/C27H29Cl2N3O4S/c1-20-5-7-26(8-6-20)37(34,35)32(25-15-23(28)14-24(29)16-25)19-27(33)30-17-21-3-2-4-22(13-21)18-31-9-11-36-12-10-31/h2-8,13-16H,9-12,17-19H2,1H3,(H,30,33). The zero-order valence-electron chi connectivity index (χ0n) is 20.5. The summed E-state index contributed by atoms with van der Waals surface area (Å²) in [5.74, 6) is -0.453.